The highest BCUT2D eigenvalue weighted by molar-refractivity contribution is 8.00. The van der Waals surface area contributed by atoms with Crippen molar-refractivity contribution in [3.05, 3.63) is 12.2 Å². The number of fused-ring (bicyclic) bond motifs is 1. The summed E-state index contributed by atoms with van der Waals surface area (Å²) < 4.78 is 10.6. The number of amides is 2. The van der Waals surface area contributed by atoms with Gasteiger partial charge >= 0.3 is 12.1 Å². The number of hydrogen-bond donors (Lipinski definition) is 1. The van der Waals surface area contributed by atoms with Crippen molar-refractivity contribution in [2.75, 3.05) is 5.75 Å². The van der Waals surface area contributed by atoms with Gasteiger partial charge in [-0.3, -0.25) is 4.79 Å². The molecule has 2 amide bonds. The fraction of sp³-hybridized carbons (Fsp3) is 0.706. The molecular weight excluding hydrogens is 344 g/mol. The molecule has 0 aromatic rings. The maximum atomic E-state index is 12.5. The zero-order valence-corrected chi connectivity index (χ0v) is 16.4. The Hall–Kier alpha value is -1.70. The predicted molar refractivity (Wildman–Crippen MR) is 95.0 cm³/mol. The second-order valence-electron chi connectivity index (χ2n) is 8.17. The number of rotatable bonds is 2. The Kier molecular flexibility index (Phi) is 5.14. The molecule has 1 N–H and O–H groups in total. The van der Waals surface area contributed by atoms with Crippen LogP contribution < -0.4 is 5.32 Å². The highest BCUT2D eigenvalue weighted by atomic mass is 32.2. The smallest absolute Gasteiger partial charge is 0.408 e. The maximum absolute atomic E-state index is 12.5. The molecule has 8 heteroatoms. The lowest BCUT2D eigenvalue weighted by Gasteiger charge is -2.52. The molecule has 1 unspecified atom stereocenters. The van der Waals surface area contributed by atoms with Gasteiger partial charge in [0.15, 0.2) is 6.04 Å². The summed E-state index contributed by atoms with van der Waals surface area (Å²) in [5.74, 6) is -0.308. The number of β-lactam (4-membered cyclic amide) rings is 1. The van der Waals surface area contributed by atoms with Gasteiger partial charge < -0.3 is 19.7 Å². The first-order chi connectivity index (χ1) is 11.3. The van der Waals surface area contributed by atoms with Gasteiger partial charge in [0.1, 0.15) is 22.6 Å². The molecule has 0 bridgehead atoms. The molecule has 7 nitrogen and oxygen atoms in total. The van der Waals surface area contributed by atoms with Crippen LogP contribution in [0.15, 0.2) is 12.2 Å². The Balaban J connectivity index is 2.07. The van der Waals surface area contributed by atoms with Crippen molar-refractivity contribution in [2.24, 2.45) is 0 Å². The fourth-order valence-electron chi connectivity index (χ4n) is 2.61. The van der Waals surface area contributed by atoms with Gasteiger partial charge in [-0.1, -0.05) is 6.58 Å². The molecule has 25 heavy (non-hydrogen) atoms. The molecule has 0 saturated carbocycles. The van der Waals surface area contributed by atoms with Gasteiger partial charge in [0.05, 0.1) is 0 Å². The molecule has 0 aromatic heterocycles. The summed E-state index contributed by atoms with van der Waals surface area (Å²) in [6, 6.07) is -1.52. The summed E-state index contributed by atoms with van der Waals surface area (Å²) in [4.78, 5) is 38.4. The molecule has 2 heterocycles. The summed E-state index contributed by atoms with van der Waals surface area (Å²) in [5.41, 5.74) is -0.678. The highest BCUT2D eigenvalue weighted by Crippen LogP contribution is 2.40. The summed E-state index contributed by atoms with van der Waals surface area (Å²) in [6.45, 7) is 14.5. The van der Waals surface area contributed by atoms with Crippen LogP contribution in [-0.4, -0.2) is 57.3 Å². The van der Waals surface area contributed by atoms with E-state index >= 15 is 0 Å². The van der Waals surface area contributed by atoms with Crippen LogP contribution in [-0.2, 0) is 19.1 Å². The Labute approximate surface area is 152 Å². The molecule has 3 atom stereocenters. The number of carbonyl (C=O) groups excluding carboxylic acids is 3. The van der Waals surface area contributed by atoms with E-state index in [1.54, 1.807) is 41.5 Å². The van der Waals surface area contributed by atoms with Gasteiger partial charge in [0.25, 0.3) is 0 Å². The number of carbonyl (C=O) groups is 3. The summed E-state index contributed by atoms with van der Waals surface area (Å²) in [7, 11) is 0. The zero-order valence-electron chi connectivity index (χ0n) is 15.5. The number of esters is 1. The van der Waals surface area contributed by atoms with Gasteiger partial charge in [-0.15, -0.1) is 11.8 Å². The third-order valence-electron chi connectivity index (χ3n) is 3.49. The van der Waals surface area contributed by atoms with Crippen molar-refractivity contribution in [1.29, 1.82) is 0 Å². The molecular formula is C17H26N2O5S. The van der Waals surface area contributed by atoms with Crippen molar-refractivity contribution in [1.82, 2.24) is 10.2 Å². The van der Waals surface area contributed by atoms with Crippen molar-refractivity contribution in [2.45, 2.75) is 70.2 Å². The normalized spacial score (nSPS) is 26.5. The Bertz CT molecular complexity index is 605. The van der Waals surface area contributed by atoms with Gasteiger partial charge in [0, 0.05) is 5.75 Å². The number of nitrogens with one attached hydrogen (secondary N) is 1. The number of hydrogen-bond acceptors (Lipinski definition) is 6. The molecule has 2 aliphatic rings. The molecule has 140 valence electrons. The zero-order chi connectivity index (χ0) is 19.2. The topological polar surface area (TPSA) is 84.9 Å². The van der Waals surface area contributed by atoms with Crippen LogP contribution in [0, 0.1) is 0 Å². The third kappa shape index (κ3) is 4.48. The minimum Gasteiger partial charge on any atom is -0.458 e. The van der Waals surface area contributed by atoms with Crippen LogP contribution in [0.25, 0.3) is 0 Å². The number of nitrogens with zero attached hydrogens (tertiary/aromatic N) is 1. The van der Waals surface area contributed by atoms with Crippen LogP contribution in [0.5, 0.6) is 0 Å². The fourth-order valence-corrected chi connectivity index (χ4v) is 3.92. The molecule has 0 aromatic carbocycles. The Morgan fingerprint density at radius 1 is 1.16 bits per heavy atom. The molecule has 0 radical (unpaired) electrons. The van der Waals surface area contributed by atoms with E-state index in [0.717, 1.165) is 0 Å². The second-order valence-corrected chi connectivity index (χ2v) is 9.27. The Morgan fingerprint density at radius 2 is 1.72 bits per heavy atom. The van der Waals surface area contributed by atoms with E-state index in [9.17, 15) is 14.4 Å². The van der Waals surface area contributed by atoms with Crippen molar-refractivity contribution < 1.29 is 23.9 Å². The number of thioether (sulfide) groups is 1. The lowest BCUT2D eigenvalue weighted by atomic mass is 9.98. The maximum Gasteiger partial charge on any atom is 0.408 e. The van der Waals surface area contributed by atoms with E-state index in [1.165, 1.54) is 16.7 Å². The van der Waals surface area contributed by atoms with Gasteiger partial charge in [0.2, 0.25) is 5.91 Å². The van der Waals surface area contributed by atoms with Gasteiger partial charge in [-0.2, -0.15) is 0 Å². The highest BCUT2D eigenvalue weighted by Gasteiger charge is 2.57. The van der Waals surface area contributed by atoms with Crippen LogP contribution in [0.2, 0.25) is 0 Å². The van der Waals surface area contributed by atoms with Crippen LogP contribution in [0.4, 0.5) is 4.79 Å². The largest absolute Gasteiger partial charge is 0.458 e. The monoisotopic (exact) mass is 370 g/mol. The van der Waals surface area contributed by atoms with Gasteiger partial charge in [-0.25, -0.2) is 9.59 Å². The third-order valence-corrected chi connectivity index (χ3v) is 4.86. The molecule has 2 rings (SSSR count). The van der Waals surface area contributed by atoms with Gasteiger partial charge in [-0.05, 0) is 47.1 Å². The first kappa shape index (κ1) is 19.6. The quantitative estimate of drug-likeness (QED) is 0.455. The lowest BCUT2D eigenvalue weighted by molar-refractivity contribution is -0.169. The average Bonchev–Trinajstić information content (AvgIpc) is 2.40. The van der Waals surface area contributed by atoms with Crippen LogP contribution in [0.1, 0.15) is 41.5 Å². The minimum absolute atomic E-state index is 0.331. The first-order valence-corrected chi connectivity index (χ1v) is 9.19. The van der Waals surface area contributed by atoms with E-state index in [2.05, 4.69) is 11.9 Å². The SMILES string of the molecule is C=C1CS[C@H]2[C@H](NC(=O)OC(C)(C)C)C(=O)N2C1C(=O)OC(C)(C)C. The predicted octanol–water partition coefficient (Wildman–Crippen LogP) is 2.06. The number of ether oxygens (including phenoxy) is 2. The van der Waals surface area contributed by atoms with Crippen LogP contribution in [0.3, 0.4) is 0 Å². The van der Waals surface area contributed by atoms with E-state index in [1.807, 2.05) is 0 Å². The van der Waals surface area contributed by atoms with E-state index in [4.69, 9.17) is 9.47 Å². The van der Waals surface area contributed by atoms with Crippen LogP contribution >= 0.6 is 11.8 Å². The molecule has 2 saturated heterocycles. The standard InChI is InChI=1S/C17H26N2O5S/c1-9-8-25-13-10(18-15(22)24-17(5,6)7)12(20)19(13)11(9)14(21)23-16(2,3)4/h10-11,13H,1,8H2,2-7H3,(H,18,22)/t10-,11?,13+/m1/s1. The summed E-state index contributed by atoms with van der Waals surface area (Å²) in [5, 5.41) is 2.26. The molecule has 2 aliphatic heterocycles. The molecule has 2 fully saturated rings. The second kappa shape index (κ2) is 6.55. The molecule has 0 aliphatic carbocycles. The first-order valence-electron chi connectivity index (χ1n) is 8.14. The van der Waals surface area contributed by atoms with Crippen molar-refractivity contribution in [3.63, 3.8) is 0 Å². The summed E-state index contributed by atoms with van der Waals surface area (Å²) >= 11 is 1.46. The minimum atomic E-state index is -0.810. The number of alkyl carbamates (subject to hydrolysis) is 1. The lowest BCUT2D eigenvalue weighted by Crippen LogP contribution is -2.75. The average molecular weight is 370 g/mol. The van der Waals surface area contributed by atoms with Crippen molar-refractivity contribution >= 4 is 29.7 Å². The van der Waals surface area contributed by atoms with E-state index < -0.39 is 35.3 Å². The molecule has 0 spiro atoms. The van der Waals surface area contributed by atoms with E-state index in [-0.39, 0.29) is 11.3 Å². The summed E-state index contributed by atoms with van der Waals surface area (Å²) in [6.07, 6.45) is -0.649. The van der Waals surface area contributed by atoms with Crippen molar-refractivity contribution in [3.8, 4) is 0 Å². The van der Waals surface area contributed by atoms with E-state index in [0.29, 0.717) is 11.3 Å². The Morgan fingerprint density at radius 3 is 2.24 bits per heavy atom.